The lowest BCUT2D eigenvalue weighted by Crippen LogP contribution is -2.49. The maximum atomic E-state index is 13.1. The van der Waals surface area contributed by atoms with Gasteiger partial charge in [0.05, 0.1) is 11.9 Å². The van der Waals surface area contributed by atoms with Gasteiger partial charge in [-0.05, 0) is 73.4 Å². The molecule has 1 saturated heterocycles. The highest BCUT2D eigenvalue weighted by Crippen LogP contribution is 2.26. The standard InChI is InChI=1S/C30H38N4O5S/c1-3-4-19-34(30(36)31-28-7-5-6-8-29(28)35)25-17-20-33(21-18-25)22-23-9-13-26(14-10-23)39-27-15-11-24(12-16-27)32-40(2,37)38/h5-16,25,32,35H,3-4,17-22H2,1-2H3,(H,31,36). The molecule has 3 aromatic rings. The van der Waals surface area contributed by atoms with E-state index >= 15 is 0 Å². The number of hydrogen-bond donors (Lipinski definition) is 3. The van der Waals surface area contributed by atoms with Crippen molar-refractivity contribution in [3.8, 4) is 17.2 Å². The van der Waals surface area contributed by atoms with Gasteiger partial charge < -0.3 is 20.1 Å². The Bertz CT molecular complexity index is 1360. The predicted molar refractivity (Wildman–Crippen MR) is 158 cm³/mol. The number of carbonyl (C=O) groups excluding carboxylic acids is 1. The summed E-state index contributed by atoms with van der Waals surface area (Å²) in [6.07, 6.45) is 4.84. The molecule has 0 aliphatic carbocycles. The van der Waals surface area contributed by atoms with Crippen molar-refractivity contribution < 1.29 is 23.1 Å². The highest BCUT2D eigenvalue weighted by atomic mass is 32.2. The molecule has 3 aromatic carbocycles. The van der Waals surface area contributed by atoms with Crippen molar-refractivity contribution in [1.82, 2.24) is 9.80 Å². The summed E-state index contributed by atoms with van der Waals surface area (Å²) in [6.45, 7) is 5.41. The molecule has 40 heavy (non-hydrogen) atoms. The zero-order valence-corrected chi connectivity index (χ0v) is 23.9. The van der Waals surface area contributed by atoms with Gasteiger partial charge >= 0.3 is 6.03 Å². The van der Waals surface area contributed by atoms with Crippen LogP contribution >= 0.6 is 0 Å². The van der Waals surface area contributed by atoms with Crippen LogP contribution in [0.15, 0.2) is 72.8 Å². The molecule has 0 spiro atoms. The number of phenols is 1. The Balaban J connectivity index is 1.28. The third-order valence-electron chi connectivity index (χ3n) is 6.88. The molecule has 2 amide bonds. The minimum absolute atomic E-state index is 0.0670. The van der Waals surface area contributed by atoms with Crippen molar-refractivity contribution in [2.75, 3.05) is 35.9 Å². The molecule has 0 aromatic heterocycles. The van der Waals surface area contributed by atoms with E-state index in [-0.39, 0.29) is 17.8 Å². The Hall–Kier alpha value is -3.76. The van der Waals surface area contributed by atoms with Crippen molar-refractivity contribution in [2.45, 2.75) is 45.2 Å². The molecule has 3 N–H and O–H groups in total. The van der Waals surface area contributed by atoms with Gasteiger partial charge in [0.25, 0.3) is 0 Å². The largest absolute Gasteiger partial charge is 0.506 e. The molecule has 0 bridgehead atoms. The summed E-state index contributed by atoms with van der Waals surface area (Å²) < 4.78 is 31.1. The van der Waals surface area contributed by atoms with E-state index in [2.05, 4.69) is 21.9 Å². The molecule has 0 unspecified atom stereocenters. The van der Waals surface area contributed by atoms with Gasteiger partial charge in [-0.3, -0.25) is 9.62 Å². The number of likely N-dealkylation sites (tertiary alicyclic amines) is 1. The minimum atomic E-state index is -3.32. The Kier molecular flexibility index (Phi) is 9.89. The lowest BCUT2D eigenvalue weighted by atomic mass is 10.0. The van der Waals surface area contributed by atoms with Crippen molar-refractivity contribution in [1.29, 1.82) is 0 Å². The molecule has 0 atom stereocenters. The zero-order valence-electron chi connectivity index (χ0n) is 23.0. The number of ether oxygens (including phenoxy) is 1. The fourth-order valence-corrected chi connectivity index (χ4v) is 5.36. The number of unbranched alkanes of at least 4 members (excludes halogenated alkanes) is 1. The second-order valence-electron chi connectivity index (χ2n) is 10.1. The van der Waals surface area contributed by atoms with Crippen molar-refractivity contribution >= 4 is 27.4 Å². The predicted octanol–water partition coefficient (Wildman–Crippen LogP) is 5.85. The number of aromatic hydroxyl groups is 1. The first-order valence-electron chi connectivity index (χ1n) is 13.6. The zero-order chi connectivity index (χ0) is 28.5. The van der Waals surface area contributed by atoms with Crippen LogP contribution in [0.2, 0.25) is 0 Å². The SMILES string of the molecule is CCCCN(C(=O)Nc1ccccc1O)C1CCN(Cc2ccc(Oc3ccc(NS(C)(=O)=O)cc3)cc2)CC1. The second-order valence-corrected chi connectivity index (χ2v) is 11.9. The molecule has 1 fully saturated rings. The molecule has 1 heterocycles. The number of amides is 2. The Labute approximate surface area is 236 Å². The number of anilines is 2. The molecule has 0 radical (unpaired) electrons. The number of nitrogens with zero attached hydrogens (tertiary/aromatic N) is 2. The number of urea groups is 1. The fraction of sp³-hybridized carbons (Fsp3) is 0.367. The van der Waals surface area contributed by atoms with Crippen LogP contribution in [0.4, 0.5) is 16.2 Å². The van der Waals surface area contributed by atoms with Gasteiger partial charge in [-0.1, -0.05) is 37.6 Å². The number of para-hydroxylation sites is 2. The number of piperidine rings is 1. The summed E-state index contributed by atoms with van der Waals surface area (Å²) >= 11 is 0. The number of hydrogen-bond acceptors (Lipinski definition) is 6. The molecule has 0 saturated carbocycles. The number of carbonyl (C=O) groups is 1. The van der Waals surface area contributed by atoms with Crippen LogP contribution in [0.25, 0.3) is 0 Å². The number of sulfonamides is 1. The van der Waals surface area contributed by atoms with Gasteiger partial charge in [-0.2, -0.15) is 0 Å². The van der Waals surface area contributed by atoms with Gasteiger partial charge in [0.15, 0.2) is 0 Å². The third-order valence-corrected chi connectivity index (χ3v) is 7.49. The first-order valence-corrected chi connectivity index (χ1v) is 15.5. The van der Waals surface area contributed by atoms with E-state index in [9.17, 15) is 18.3 Å². The van der Waals surface area contributed by atoms with Crippen molar-refractivity contribution in [3.63, 3.8) is 0 Å². The van der Waals surface area contributed by atoms with E-state index in [4.69, 9.17) is 4.74 Å². The Morgan fingerprint density at radius 1 is 1.00 bits per heavy atom. The Morgan fingerprint density at radius 3 is 2.23 bits per heavy atom. The van der Waals surface area contributed by atoms with Gasteiger partial charge in [0, 0.05) is 37.9 Å². The number of phenolic OH excluding ortho intramolecular Hbond substituents is 1. The van der Waals surface area contributed by atoms with Crippen LogP contribution in [0, 0.1) is 0 Å². The molecule has 10 heteroatoms. The summed E-state index contributed by atoms with van der Waals surface area (Å²) in [4.78, 5) is 17.5. The first-order chi connectivity index (χ1) is 19.2. The summed E-state index contributed by atoms with van der Waals surface area (Å²) in [5.74, 6) is 1.39. The van der Waals surface area contributed by atoms with Gasteiger partial charge in [0.1, 0.15) is 17.2 Å². The normalized spacial score (nSPS) is 14.4. The quantitative estimate of drug-likeness (QED) is 0.251. The number of nitrogens with one attached hydrogen (secondary N) is 2. The highest BCUT2D eigenvalue weighted by molar-refractivity contribution is 7.92. The molecule has 4 rings (SSSR count). The van der Waals surface area contributed by atoms with E-state index < -0.39 is 10.0 Å². The van der Waals surface area contributed by atoms with Crippen LogP contribution in [-0.2, 0) is 16.6 Å². The molecule has 1 aliphatic rings. The fourth-order valence-electron chi connectivity index (χ4n) is 4.80. The molecule has 214 valence electrons. The van der Waals surface area contributed by atoms with E-state index in [1.165, 1.54) is 5.56 Å². The van der Waals surface area contributed by atoms with E-state index in [0.717, 1.165) is 51.6 Å². The van der Waals surface area contributed by atoms with E-state index in [1.807, 2.05) is 29.2 Å². The van der Waals surface area contributed by atoms with Gasteiger partial charge in [-0.15, -0.1) is 0 Å². The molecular formula is C30H38N4O5S. The Morgan fingerprint density at radius 2 is 1.62 bits per heavy atom. The lowest BCUT2D eigenvalue weighted by Gasteiger charge is -2.38. The van der Waals surface area contributed by atoms with Crippen LogP contribution in [-0.4, -0.2) is 61.3 Å². The maximum absolute atomic E-state index is 13.1. The number of rotatable bonds is 11. The lowest BCUT2D eigenvalue weighted by molar-refractivity contribution is 0.122. The van der Waals surface area contributed by atoms with Gasteiger partial charge in [0.2, 0.25) is 10.0 Å². The van der Waals surface area contributed by atoms with Gasteiger partial charge in [-0.25, -0.2) is 13.2 Å². The van der Waals surface area contributed by atoms with Crippen molar-refractivity contribution in [2.24, 2.45) is 0 Å². The monoisotopic (exact) mass is 566 g/mol. The van der Waals surface area contributed by atoms with Crippen LogP contribution < -0.4 is 14.8 Å². The van der Waals surface area contributed by atoms with Crippen molar-refractivity contribution in [3.05, 3.63) is 78.4 Å². The van der Waals surface area contributed by atoms with E-state index in [1.54, 1.807) is 48.5 Å². The number of benzene rings is 3. The van der Waals surface area contributed by atoms with Crippen LogP contribution in [0.3, 0.4) is 0 Å². The van der Waals surface area contributed by atoms with Crippen LogP contribution in [0.1, 0.15) is 38.2 Å². The van der Waals surface area contributed by atoms with Crippen LogP contribution in [0.5, 0.6) is 17.2 Å². The first kappa shape index (κ1) is 29.2. The summed E-state index contributed by atoms with van der Waals surface area (Å²) in [7, 11) is -3.32. The highest BCUT2D eigenvalue weighted by Gasteiger charge is 2.28. The molecule has 1 aliphatic heterocycles. The summed E-state index contributed by atoms with van der Waals surface area (Å²) in [6, 6.07) is 21.5. The van der Waals surface area contributed by atoms with E-state index in [0.29, 0.717) is 29.4 Å². The smallest absolute Gasteiger partial charge is 0.322 e. The summed E-state index contributed by atoms with van der Waals surface area (Å²) in [5.41, 5.74) is 2.09. The second kappa shape index (κ2) is 13.5. The average molecular weight is 567 g/mol. The average Bonchev–Trinajstić information content (AvgIpc) is 2.92. The summed E-state index contributed by atoms with van der Waals surface area (Å²) in [5, 5.41) is 13.0. The minimum Gasteiger partial charge on any atom is -0.506 e. The third kappa shape index (κ3) is 8.62. The topological polar surface area (TPSA) is 111 Å². The molecular weight excluding hydrogens is 528 g/mol. The molecule has 9 nitrogen and oxygen atoms in total. The maximum Gasteiger partial charge on any atom is 0.322 e.